The van der Waals surface area contributed by atoms with E-state index in [0.29, 0.717) is 35.4 Å². The van der Waals surface area contributed by atoms with Crippen LogP contribution in [0.2, 0.25) is 0 Å². The average molecular weight is 378 g/mol. The largest absolute Gasteiger partial charge is 0.462 e. The molecule has 0 spiro atoms. The second-order valence-corrected chi connectivity index (χ2v) is 8.79. The summed E-state index contributed by atoms with van der Waals surface area (Å²) in [5.41, 5.74) is 1.74. The van der Waals surface area contributed by atoms with Crippen molar-refractivity contribution < 1.29 is 14.3 Å². The van der Waals surface area contributed by atoms with Crippen LogP contribution in [0.4, 0.5) is 5.00 Å². The lowest BCUT2D eigenvalue weighted by Gasteiger charge is -2.20. The molecule has 1 heterocycles. The lowest BCUT2D eigenvalue weighted by molar-refractivity contribution is -0.116. The number of esters is 1. The van der Waals surface area contributed by atoms with Crippen molar-refractivity contribution >= 4 is 28.2 Å². The van der Waals surface area contributed by atoms with E-state index in [9.17, 15) is 9.59 Å². The Bertz CT molecular complexity index is 646. The molecule has 3 rings (SSSR count). The van der Waals surface area contributed by atoms with E-state index in [1.807, 2.05) is 6.92 Å². The topological polar surface area (TPSA) is 55.4 Å². The van der Waals surface area contributed by atoms with Crippen molar-refractivity contribution in [1.29, 1.82) is 0 Å². The molecule has 144 valence electrons. The van der Waals surface area contributed by atoms with Crippen molar-refractivity contribution in [1.82, 2.24) is 0 Å². The third-order valence-corrected chi connectivity index (χ3v) is 7.10. The number of ether oxygens (including phenoxy) is 1. The number of rotatable bonds is 7. The number of fused-ring (bicyclic) bond motifs is 1. The molecular formula is C21H31NO3S. The Labute approximate surface area is 160 Å². The Morgan fingerprint density at radius 3 is 2.62 bits per heavy atom. The van der Waals surface area contributed by atoms with Gasteiger partial charge in [0.25, 0.3) is 0 Å². The van der Waals surface area contributed by atoms with Crippen LogP contribution < -0.4 is 5.32 Å². The first-order chi connectivity index (χ1) is 12.6. The molecular weight excluding hydrogens is 346 g/mol. The SMILES string of the molecule is CCOC(=O)c1c(NC(=O)CCC2CCCC2)sc2c1CC[C@@H](CC)C2. The molecule has 2 aliphatic carbocycles. The number of thiophene rings is 1. The van der Waals surface area contributed by atoms with Gasteiger partial charge in [0.05, 0.1) is 12.2 Å². The van der Waals surface area contributed by atoms with Gasteiger partial charge in [-0.25, -0.2) is 4.79 Å². The van der Waals surface area contributed by atoms with Gasteiger partial charge in [0.15, 0.2) is 0 Å². The van der Waals surface area contributed by atoms with E-state index in [4.69, 9.17) is 4.74 Å². The number of carbonyl (C=O) groups excluding carboxylic acids is 2. The van der Waals surface area contributed by atoms with Gasteiger partial charge in [-0.2, -0.15) is 0 Å². The number of nitrogens with one attached hydrogen (secondary N) is 1. The van der Waals surface area contributed by atoms with Gasteiger partial charge < -0.3 is 10.1 Å². The molecule has 1 atom stereocenters. The minimum atomic E-state index is -0.286. The summed E-state index contributed by atoms with van der Waals surface area (Å²) >= 11 is 1.59. The minimum Gasteiger partial charge on any atom is -0.462 e. The highest BCUT2D eigenvalue weighted by Gasteiger charge is 2.30. The summed E-state index contributed by atoms with van der Waals surface area (Å²) in [4.78, 5) is 26.3. The van der Waals surface area contributed by atoms with Gasteiger partial charge in [-0.05, 0) is 50.0 Å². The fourth-order valence-electron chi connectivity index (χ4n) is 4.33. The van der Waals surface area contributed by atoms with Gasteiger partial charge in [-0.3, -0.25) is 4.79 Å². The predicted molar refractivity (Wildman–Crippen MR) is 106 cm³/mol. The molecule has 1 aromatic rings. The summed E-state index contributed by atoms with van der Waals surface area (Å²) in [6.07, 6.45) is 10.8. The third-order valence-electron chi connectivity index (χ3n) is 5.93. The van der Waals surface area contributed by atoms with Crippen LogP contribution in [-0.2, 0) is 22.4 Å². The summed E-state index contributed by atoms with van der Waals surface area (Å²) in [7, 11) is 0. The minimum absolute atomic E-state index is 0.0353. The maximum absolute atomic E-state index is 12.5. The first-order valence-corrected chi connectivity index (χ1v) is 11.1. The second kappa shape index (κ2) is 9.03. The van der Waals surface area contributed by atoms with E-state index >= 15 is 0 Å². The van der Waals surface area contributed by atoms with E-state index in [2.05, 4.69) is 12.2 Å². The third kappa shape index (κ3) is 4.48. The lowest BCUT2D eigenvalue weighted by atomic mass is 9.85. The van der Waals surface area contributed by atoms with Gasteiger partial charge in [-0.15, -0.1) is 11.3 Å². The van der Waals surface area contributed by atoms with E-state index in [-0.39, 0.29) is 11.9 Å². The molecule has 1 N–H and O–H groups in total. The Morgan fingerprint density at radius 1 is 1.15 bits per heavy atom. The van der Waals surface area contributed by atoms with Crippen LogP contribution in [0.1, 0.15) is 86.0 Å². The smallest absolute Gasteiger partial charge is 0.341 e. The molecule has 2 aliphatic rings. The molecule has 0 aliphatic heterocycles. The Kier molecular flexibility index (Phi) is 6.74. The molecule has 1 saturated carbocycles. The molecule has 1 amide bonds. The van der Waals surface area contributed by atoms with Crippen molar-refractivity contribution in [2.24, 2.45) is 11.8 Å². The van der Waals surface area contributed by atoms with Crippen LogP contribution in [-0.4, -0.2) is 18.5 Å². The van der Waals surface area contributed by atoms with Gasteiger partial charge >= 0.3 is 5.97 Å². The predicted octanol–water partition coefficient (Wildman–Crippen LogP) is 5.35. The van der Waals surface area contributed by atoms with Crippen molar-refractivity contribution in [3.8, 4) is 0 Å². The second-order valence-electron chi connectivity index (χ2n) is 7.68. The van der Waals surface area contributed by atoms with Crippen molar-refractivity contribution in [3.63, 3.8) is 0 Å². The molecule has 4 nitrogen and oxygen atoms in total. The van der Waals surface area contributed by atoms with Crippen molar-refractivity contribution in [2.75, 3.05) is 11.9 Å². The highest BCUT2D eigenvalue weighted by molar-refractivity contribution is 7.17. The van der Waals surface area contributed by atoms with Gasteiger partial charge in [0.2, 0.25) is 5.91 Å². The maximum Gasteiger partial charge on any atom is 0.341 e. The number of carbonyl (C=O) groups is 2. The number of hydrogen-bond acceptors (Lipinski definition) is 4. The molecule has 1 fully saturated rings. The summed E-state index contributed by atoms with van der Waals surface area (Å²) in [5.74, 6) is 1.13. The summed E-state index contributed by atoms with van der Waals surface area (Å²) in [6, 6.07) is 0. The number of anilines is 1. The molecule has 0 radical (unpaired) electrons. The van der Waals surface area contributed by atoms with Gasteiger partial charge in [0.1, 0.15) is 5.00 Å². The maximum atomic E-state index is 12.5. The molecule has 1 aromatic heterocycles. The van der Waals surface area contributed by atoms with E-state index in [1.165, 1.54) is 30.6 Å². The van der Waals surface area contributed by atoms with Crippen molar-refractivity contribution in [2.45, 2.75) is 78.1 Å². The Balaban J connectivity index is 1.73. The molecule has 0 unspecified atom stereocenters. The highest BCUT2D eigenvalue weighted by Crippen LogP contribution is 2.41. The zero-order chi connectivity index (χ0) is 18.5. The number of amides is 1. The first-order valence-electron chi connectivity index (χ1n) is 10.2. The first kappa shape index (κ1) is 19.4. The van der Waals surface area contributed by atoms with E-state index in [0.717, 1.165) is 37.7 Å². The zero-order valence-corrected chi connectivity index (χ0v) is 16.9. The summed E-state index contributed by atoms with van der Waals surface area (Å²) in [6.45, 7) is 4.40. The highest BCUT2D eigenvalue weighted by atomic mass is 32.1. The van der Waals surface area contributed by atoms with E-state index < -0.39 is 0 Å². The standard InChI is InChI=1S/C21H31NO3S/c1-3-14-9-11-16-17(13-14)26-20(19(16)21(24)25-4-2)22-18(23)12-10-15-7-5-6-8-15/h14-15H,3-13H2,1-2H3,(H,22,23)/t14-/m1/s1. The lowest BCUT2D eigenvalue weighted by Crippen LogP contribution is -2.17. The van der Waals surface area contributed by atoms with Crippen molar-refractivity contribution in [3.05, 3.63) is 16.0 Å². The van der Waals surface area contributed by atoms with Gasteiger partial charge in [0, 0.05) is 11.3 Å². The Morgan fingerprint density at radius 2 is 1.92 bits per heavy atom. The average Bonchev–Trinajstić information content (AvgIpc) is 3.26. The fourth-order valence-corrected chi connectivity index (χ4v) is 5.70. The zero-order valence-electron chi connectivity index (χ0n) is 16.1. The molecule has 0 bridgehead atoms. The molecule has 5 heteroatoms. The quantitative estimate of drug-likeness (QED) is 0.652. The van der Waals surface area contributed by atoms with Crippen LogP contribution >= 0.6 is 11.3 Å². The number of hydrogen-bond donors (Lipinski definition) is 1. The van der Waals surface area contributed by atoms with Crippen LogP contribution in [0.15, 0.2) is 0 Å². The van der Waals surface area contributed by atoms with Gasteiger partial charge in [-0.1, -0.05) is 39.0 Å². The van der Waals surface area contributed by atoms with Crippen LogP contribution in [0.25, 0.3) is 0 Å². The summed E-state index contributed by atoms with van der Waals surface area (Å²) < 4.78 is 5.29. The van der Waals surface area contributed by atoms with Crippen LogP contribution in [0.3, 0.4) is 0 Å². The Hall–Kier alpha value is -1.36. The van der Waals surface area contributed by atoms with E-state index in [1.54, 1.807) is 11.3 Å². The monoisotopic (exact) mass is 377 g/mol. The normalized spacial score (nSPS) is 20.0. The molecule has 0 aromatic carbocycles. The van der Waals surface area contributed by atoms with Crippen LogP contribution in [0.5, 0.6) is 0 Å². The van der Waals surface area contributed by atoms with Crippen LogP contribution in [0, 0.1) is 11.8 Å². The molecule has 0 saturated heterocycles. The summed E-state index contributed by atoms with van der Waals surface area (Å²) in [5, 5.41) is 3.75. The fraction of sp³-hybridized carbons (Fsp3) is 0.714. The molecule has 26 heavy (non-hydrogen) atoms.